The Morgan fingerprint density at radius 2 is 1.35 bits per heavy atom. The molecule has 0 unspecified atom stereocenters. The van der Waals surface area contributed by atoms with Crippen LogP contribution < -0.4 is 0 Å². The minimum Gasteiger partial charge on any atom is -0.0622 e. The van der Waals surface area contributed by atoms with Gasteiger partial charge in [-0.3, -0.25) is 0 Å². The average Bonchev–Trinajstić information content (AvgIpc) is 2.38. The van der Waals surface area contributed by atoms with Crippen molar-refractivity contribution in [3.8, 4) is 0 Å². The highest BCUT2D eigenvalue weighted by atomic mass is 13.9. The fourth-order valence-electron chi connectivity index (χ4n) is 1.66. The molecule has 0 spiro atoms. The van der Waals surface area contributed by atoms with Crippen LogP contribution in [0.5, 0.6) is 0 Å². The zero-order valence-electron chi connectivity index (χ0n) is 10.0. The summed E-state index contributed by atoms with van der Waals surface area (Å²) in [7, 11) is 0. The van der Waals surface area contributed by atoms with E-state index in [-0.39, 0.29) is 0 Å². The molecule has 2 rings (SSSR count). The van der Waals surface area contributed by atoms with Crippen LogP contribution in [0.2, 0.25) is 0 Å². The smallest absolute Gasteiger partial charge is 0.0227 e. The van der Waals surface area contributed by atoms with Crippen molar-refractivity contribution < 1.29 is 0 Å². The lowest BCUT2D eigenvalue weighted by atomic mass is 10.1. The number of rotatable bonds is 3. The van der Waals surface area contributed by atoms with Crippen molar-refractivity contribution in [2.24, 2.45) is 0 Å². The first-order chi connectivity index (χ1) is 8.36. The molecular weight excluding hydrogens is 204 g/mol. The van der Waals surface area contributed by atoms with Gasteiger partial charge in [-0.05, 0) is 23.6 Å². The summed E-state index contributed by atoms with van der Waals surface area (Å²) in [6.45, 7) is 2.13. The average molecular weight is 220 g/mol. The highest BCUT2D eigenvalue weighted by Crippen LogP contribution is 2.09. The third-order valence-electron chi connectivity index (χ3n) is 2.66. The van der Waals surface area contributed by atoms with Crippen molar-refractivity contribution in [2.45, 2.75) is 6.92 Å². The number of hydrogen-bond acceptors (Lipinski definition) is 0. The Morgan fingerprint density at radius 3 is 2.12 bits per heavy atom. The van der Waals surface area contributed by atoms with Gasteiger partial charge in [0.05, 0.1) is 0 Å². The van der Waals surface area contributed by atoms with Gasteiger partial charge in [-0.2, -0.15) is 0 Å². The molecule has 0 N–H and O–H groups in total. The molecule has 0 fully saturated rings. The maximum absolute atomic E-state index is 2.13. The van der Waals surface area contributed by atoms with Gasteiger partial charge in [0, 0.05) is 0 Å². The van der Waals surface area contributed by atoms with Gasteiger partial charge in [0.15, 0.2) is 0 Å². The second-order valence-corrected chi connectivity index (χ2v) is 3.99. The minimum absolute atomic E-state index is 1.22. The predicted molar refractivity (Wildman–Crippen MR) is 75.7 cm³/mol. The van der Waals surface area contributed by atoms with E-state index in [1.807, 2.05) is 18.2 Å². The van der Waals surface area contributed by atoms with E-state index in [9.17, 15) is 0 Å². The second-order valence-electron chi connectivity index (χ2n) is 3.99. The molecule has 0 saturated carbocycles. The Bertz CT molecular complexity index is 519. The van der Waals surface area contributed by atoms with E-state index < -0.39 is 0 Å². The van der Waals surface area contributed by atoms with Crippen LogP contribution >= 0.6 is 0 Å². The highest BCUT2D eigenvalue weighted by Gasteiger charge is 1.88. The maximum atomic E-state index is 2.13. The molecule has 0 amide bonds. The van der Waals surface area contributed by atoms with Crippen LogP contribution in [0.1, 0.15) is 16.7 Å². The molecule has 0 bridgehead atoms. The van der Waals surface area contributed by atoms with Crippen LogP contribution in [0, 0.1) is 6.92 Å². The third-order valence-corrected chi connectivity index (χ3v) is 2.66. The zero-order valence-corrected chi connectivity index (χ0v) is 10.0. The molecule has 0 atom stereocenters. The van der Waals surface area contributed by atoms with E-state index in [2.05, 4.69) is 67.6 Å². The Morgan fingerprint density at radius 1 is 0.706 bits per heavy atom. The molecule has 0 saturated heterocycles. The predicted octanol–water partition coefficient (Wildman–Crippen LogP) is 4.72. The van der Waals surface area contributed by atoms with Gasteiger partial charge in [-0.1, -0.05) is 78.9 Å². The summed E-state index contributed by atoms with van der Waals surface area (Å²) in [6, 6.07) is 18.7. The lowest BCUT2D eigenvalue weighted by Gasteiger charge is -1.96. The summed E-state index contributed by atoms with van der Waals surface area (Å²) >= 11 is 0. The second kappa shape index (κ2) is 5.86. The number of allylic oxidation sites excluding steroid dienone is 2. The number of benzene rings is 2. The fraction of sp³-hybridized carbons (Fsp3) is 0.0588. The summed E-state index contributed by atoms with van der Waals surface area (Å²) in [5.74, 6) is 0. The SMILES string of the molecule is Cc1ccccc1C=CC=Cc1ccccc1. The molecule has 0 heterocycles. The largest absolute Gasteiger partial charge is 0.0622 e. The van der Waals surface area contributed by atoms with Crippen LogP contribution in [0.15, 0.2) is 66.7 Å². The summed E-state index contributed by atoms with van der Waals surface area (Å²) in [5, 5.41) is 0. The molecule has 17 heavy (non-hydrogen) atoms. The monoisotopic (exact) mass is 220 g/mol. The Hall–Kier alpha value is -2.08. The van der Waals surface area contributed by atoms with Crippen LogP contribution in [0.4, 0.5) is 0 Å². The summed E-state index contributed by atoms with van der Waals surface area (Å²) in [4.78, 5) is 0. The first-order valence-corrected chi connectivity index (χ1v) is 5.82. The molecule has 0 radical (unpaired) electrons. The maximum Gasteiger partial charge on any atom is -0.0227 e. The lowest BCUT2D eigenvalue weighted by Crippen LogP contribution is -1.76. The molecule has 2 aromatic carbocycles. The van der Waals surface area contributed by atoms with Gasteiger partial charge >= 0.3 is 0 Å². The van der Waals surface area contributed by atoms with Gasteiger partial charge in [-0.25, -0.2) is 0 Å². The number of hydrogen-bond donors (Lipinski definition) is 0. The van der Waals surface area contributed by atoms with Crippen LogP contribution in [-0.2, 0) is 0 Å². The topological polar surface area (TPSA) is 0 Å². The van der Waals surface area contributed by atoms with E-state index >= 15 is 0 Å². The normalized spacial score (nSPS) is 11.4. The third kappa shape index (κ3) is 3.46. The molecule has 2 aromatic rings. The van der Waals surface area contributed by atoms with Crippen molar-refractivity contribution in [2.75, 3.05) is 0 Å². The quantitative estimate of drug-likeness (QED) is 0.656. The summed E-state index contributed by atoms with van der Waals surface area (Å²) < 4.78 is 0. The molecule has 0 heteroatoms. The molecule has 0 nitrogen and oxygen atoms in total. The molecule has 0 aliphatic carbocycles. The molecule has 0 aromatic heterocycles. The van der Waals surface area contributed by atoms with Gasteiger partial charge < -0.3 is 0 Å². The van der Waals surface area contributed by atoms with E-state index in [1.54, 1.807) is 0 Å². The summed E-state index contributed by atoms with van der Waals surface area (Å²) in [6.07, 6.45) is 8.39. The van der Waals surface area contributed by atoms with Gasteiger partial charge in [0.2, 0.25) is 0 Å². The van der Waals surface area contributed by atoms with Crippen molar-refractivity contribution >= 4 is 12.2 Å². The van der Waals surface area contributed by atoms with E-state index in [1.165, 1.54) is 16.7 Å². The molecule has 0 aliphatic heterocycles. The summed E-state index contributed by atoms with van der Waals surface area (Å²) in [5.41, 5.74) is 3.80. The van der Waals surface area contributed by atoms with Gasteiger partial charge in [0.1, 0.15) is 0 Å². The Kier molecular flexibility index (Phi) is 3.93. The first-order valence-electron chi connectivity index (χ1n) is 5.82. The molecular formula is C17H16. The van der Waals surface area contributed by atoms with E-state index in [0.717, 1.165) is 0 Å². The van der Waals surface area contributed by atoms with Crippen molar-refractivity contribution in [3.05, 3.63) is 83.4 Å². The van der Waals surface area contributed by atoms with Gasteiger partial charge in [-0.15, -0.1) is 0 Å². The number of aryl methyl sites for hydroxylation is 1. The first kappa shape index (κ1) is 11.4. The standard InChI is InChI=1S/C17H16/c1-15-9-5-7-13-17(15)14-8-6-12-16-10-3-2-4-11-16/h2-14H,1H3. The minimum atomic E-state index is 1.22. The zero-order chi connectivity index (χ0) is 11.9. The van der Waals surface area contributed by atoms with Crippen LogP contribution in [-0.4, -0.2) is 0 Å². The van der Waals surface area contributed by atoms with Crippen molar-refractivity contribution in [1.82, 2.24) is 0 Å². The van der Waals surface area contributed by atoms with Crippen LogP contribution in [0.25, 0.3) is 12.2 Å². The van der Waals surface area contributed by atoms with Crippen LogP contribution in [0.3, 0.4) is 0 Å². The van der Waals surface area contributed by atoms with E-state index in [0.29, 0.717) is 0 Å². The Balaban J connectivity index is 2.04. The van der Waals surface area contributed by atoms with Crippen molar-refractivity contribution in [3.63, 3.8) is 0 Å². The lowest BCUT2D eigenvalue weighted by molar-refractivity contribution is 1.44. The van der Waals surface area contributed by atoms with Gasteiger partial charge in [0.25, 0.3) is 0 Å². The van der Waals surface area contributed by atoms with Crippen molar-refractivity contribution in [1.29, 1.82) is 0 Å². The van der Waals surface area contributed by atoms with E-state index in [4.69, 9.17) is 0 Å². The fourth-order valence-corrected chi connectivity index (χ4v) is 1.66. The Labute approximate surface area is 103 Å². The molecule has 0 aliphatic rings. The molecule has 84 valence electrons. The highest BCUT2D eigenvalue weighted by molar-refractivity contribution is 5.58.